The summed E-state index contributed by atoms with van der Waals surface area (Å²) in [4.78, 5) is 11.4. The number of likely N-dealkylation sites (N-methyl/N-ethyl adjacent to an activating group) is 1. The van der Waals surface area contributed by atoms with Gasteiger partial charge in [-0.3, -0.25) is 4.40 Å². The van der Waals surface area contributed by atoms with Crippen molar-refractivity contribution in [2.75, 3.05) is 25.0 Å². The van der Waals surface area contributed by atoms with Crippen LogP contribution in [0.25, 0.3) is 16.6 Å². The Morgan fingerprint density at radius 2 is 2.25 bits per heavy atom. The van der Waals surface area contributed by atoms with Gasteiger partial charge in [-0.25, -0.2) is 4.98 Å². The smallest absolute Gasteiger partial charge is 0.212 e. The van der Waals surface area contributed by atoms with Gasteiger partial charge in [-0.15, -0.1) is 0 Å². The lowest BCUT2D eigenvalue weighted by Gasteiger charge is -2.39. The first kappa shape index (κ1) is 12.1. The van der Waals surface area contributed by atoms with Crippen LogP contribution in [0.4, 0.5) is 5.95 Å². The number of anilines is 1. The van der Waals surface area contributed by atoms with Gasteiger partial charge >= 0.3 is 0 Å². The predicted molar refractivity (Wildman–Crippen MR) is 83.3 cm³/mol. The van der Waals surface area contributed by atoms with Crippen molar-refractivity contribution in [2.45, 2.75) is 6.04 Å². The van der Waals surface area contributed by atoms with E-state index >= 15 is 0 Å². The summed E-state index contributed by atoms with van der Waals surface area (Å²) in [5.74, 6) is 0.971. The number of halogens is 1. The van der Waals surface area contributed by atoms with Crippen LogP contribution in [0.3, 0.4) is 0 Å². The molecule has 1 N–H and O–H groups in total. The number of nitrogens with one attached hydrogen (secondary N) is 1. The second kappa shape index (κ2) is 4.43. The summed E-state index contributed by atoms with van der Waals surface area (Å²) < 4.78 is 3.12. The van der Waals surface area contributed by atoms with Crippen LogP contribution < -0.4 is 10.2 Å². The van der Waals surface area contributed by atoms with E-state index in [1.807, 2.05) is 7.05 Å². The fraction of sp³-hybridized carbons (Fsp3) is 0.286. The topological polar surface area (TPSA) is 45.5 Å². The molecule has 0 spiro atoms. The highest BCUT2D eigenvalue weighted by molar-refractivity contribution is 9.10. The van der Waals surface area contributed by atoms with E-state index < -0.39 is 0 Å². The van der Waals surface area contributed by atoms with Crippen molar-refractivity contribution >= 4 is 38.4 Å². The first-order valence-corrected chi connectivity index (χ1v) is 7.40. The van der Waals surface area contributed by atoms with Crippen LogP contribution in [0, 0.1) is 0 Å². The molecule has 4 heterocycles. The fourth-order valence-corrected chi connectivity index (χ4v) is 3.01. The van der Waals surface area contributed by atoms with E-state index in [9.17, 15) is 0 Å². The summed E-state index contributed by atoms with van der Waals surface area (Å²) in [5, 5.41) is 4.36. The standard InChI is InChI=1S/C14H14BrN5/c1-16-10-7-19(8-10)14-18-13-11(5-9(15)6-17-13)12-3-2-4-20(12)14/h2-6,10,16H,7-8H2,1H3. The van der Waals surface area contributed by atoms with E-state index in [1.54, 1.807) is 6.20 Å². The Hall–Kier alpha value is -1.66. The van der Waals surface area contributed by atoms with Crippen molar-refractivity contribution in [3.05, 3.63) is 35.1 Å². The Morgan fingerprint density at radius 3 is 3.05 bits per heavy atom. The summed E-state index contributed by atoms with van der Waals surface area (Å²) in [6.45, 7) is 1.97. The molecule has 0 saturated carbocycles. The summed E-state index contributed by atoms with van der Waals surface area (Å²) in [5.41, 5.74) is 1.94. The SMILES string of the molecule is CNC1CN(c2nc3ncc(Br)cc3c3cccn23)C1. The molecule has 0 aliphatic carbocycles. The summed E-state index contributed by atoms with van der Waals surface area (Å²) in [6.07, 6.45) is 3.86. The molecule has 0 atom stereocenters. The zero-order valence-electron chi connectivity index (χ0n) is 11.0. The molecule has 3 aromatic rings. The molecule has 0 amide bonds. The second-order valence-corrected chi connectivity index (χ2v) is 6.01. The molecular weight excluding hydrogens is 318 g/mol. The molecule has 0 bridgehead atoms. The number of pyridine rings is 1. The monoisotopic (exact) mass is 331 g/mol. The van der Waals surface area contributed by atoms with E-state index in [1.165, 1.54) is 0 Å². The second-order valence-electron chi connectivity index (χ2n) is 5.09. The number of nitrogens with zero attached hydrogens (tertiary/aromatic N) is 4. The van der Waals surface area contributed by atoms with E-state index in [0.717, 1.165) is 40.1 Å². The molecule has 5 nitrogen and oxygen atoms in total. The highest BCUT2D eigenvalue weighted by Crippen LogP contribution is 2.27. The van der Waals surface area contributed by atoms with Gasteiger partial charge in [-0.05, 0) is 41.2 Å². The minimum absolute atomic E-state index is 0.552. The number of rotatable bonds is 2. The van der Waals surface area contributed by atoms with Crippen LogP contribution in [0.1, 0.15) is 0 Å². The number of hydrogen-bond donors (Lipinski definition) is 1. The Balaban J connectivity index is 1.91. The van der Waals surface area contributed by atoms with Gasteiger partial charge in [0, 0.05) is 41.4 Å². The largest absolute Gasteiger partial charge is 0.339 e. The van der Waals surface area contributed by atoms with Crippen LogP contribution in [-0.2, 0) is 0 Å². The summed E-state index contributed by atoms with van der Waals surface area (Å²) >= 11 is 3.48. The van der Waals surface area contributed by atoms with Gasteiger partial charge in [0.15, 0.2) is 5.65 Å². The van der Waals surface area contributed by atoms with E-state index in [0.29, 0.717) is 6.04 Å². The van der Waals surface area contributed by atoms with Gasteiger partial charge in [-0.2, -0.15) is 4.98 Å². The first-order chi connectivity index (χ1) is 9.76. The maximum absolute atomic E-state index is 4.74. The maximum atomic E-state index is 4.74. The lowest BCUT2D eigenvalue weighted by molar-refractivity contribution is 0.442. The van der Waals surface area contributed by atoms with Gasteiger partial charge in [0.2, 0.25) is 5.95 Å². The molecule has 4 rings (SSSR count). The van der Waals surface area contributed by atoms with E-state index in [4.69, 9.17) is 4.98 Å². The minimum Gasteiger partial charge on any atom is -0.339 e. The lowest BCUT2D eigenvalue weighted by atomic mass is 10.1. The summed E-state index contributed by atoms with van der Waals surface area (Å²) in [6, 6.07) is 6.78. The third kappa shape index (κ3) is 1.72. The van der Waals surface area contributed by atoms with Crippen LogP contribution in [0.2, 0.25) is 0 Å². The van der Waals surface area contributed by atoms with E-state index in [-0.39, 0.29) is 0 Å². The summed E-state index contributed by atoms with van der Waals surface area (Å²) in [7, 11) is 2.00. The van der Waals surface area contributed by atoms with Crippen molar-refractivity contribution < 1.29 is 0 Å². The first-order valence-electron chi connectivity index (χ1n) is 6.61. The van der Waals surface area contributed by atoms with Crippen molar-refractivity contribution in [1.29, 1.82) is 0 Å². The molecule has 1 fully saturated rings. The number of hydrogen-bond acceptors (Lipinski definition) is 4. The predicted octanol–water partition coefficient (Wildman–Crippen LogP) is 2.05. The molecule has 0 radical (unpaired) electrons. The minimum atomic E-state index is 0.552. The van der Waals surface area contributed by atoms with Crippen molar-refractivity contribution in [3.8, 4) is 0 Å². The molecule has 3 aromatic heterocycles. The molecular formula is C14H14BrN5. The highest BCUT2D eigenvalue weighted by atomic mass is 79.9. The number of aromatic nitrogens is 3. The quantitative estimate of drug-likeness (QED) is 0.780. The lowest BCUT2D eigenvalue weighted by Crippen LogP contribution is -2.57. The number of fused-ring (bicyclic) bond motifs is 3. The molecule has 6 heteroatoms. The highest BCUT2D eigenvalue weighted by Gasteiger charge is 2.28. The van der Waals surface area contributed by atoms with Crippen molar-refractivity contribution in [3.63, 3.8) is 0 Å². The molecule has 0 unspecified atom stereocenters. The van der Waals surface area contributed by atoms with Crippen LogP contribution in [0.5, 0.6) is 0 Å². The van der Waals surface area contributed by atoms with Crippen molar-refractivity contribution in [2.24, 2.45) is 0 Å². The van der Waals surface area contributed by atoms with Gasteiger partial charge in [0.05, 0.1) is 5.52 Å². The van der Waals surface area contributed by atoms with Gasteiger partial charge in [-0.1, -0.05) is 0 Å². The Labute approximate surface area is 124 Å². The van der Waals surface area contributed by atoms with Gasteiger partial charge < -0.3 is 10.2 Å². The van der Waals surface area contributed by atoms with E-state index in [2.05, 4.69) is 59.9 Å². The fourth-order valence-electron chi connectivity index (χ4n) is 2.68. The molecule has 20 heavy (non-hydrogen) atoms. The van der Waals surface area contributed by atoms with Crippen LogP contribution >= 0.6 is 15.9 Å². The van der Waals surface area contributed by atoms with Gasteiger partial charge in [0.25, 0.3) is 0 Å². The Bertz CT molecular complexity index is 791. The zero-order valence-corrected chi connectivity index (χ0v) is 12.6. The Morgan fingerprint density at radius 1 is 1.40 bits per heavy atom. The maximum Gasteiger partial charge on any atom is 0.212 e. The Kier molecular flexibility index (Phi) is 2.68. The average molecular weight is 332 g/mol. The molecule has 102 valence electrons. The normalized spacial score (nSPS) is 16.0. The van der Waals surface area contributed by atoms with Gasteiger partial charge in [0.1, 0.15) is 0 Å². The third-order valence-electron chi connectivity index (χ3n) is 3.85. The van der Waals surface area contributed by atoms with Crippen molar-refractivity contribution in [1.82, 2.24) is 19.7 Å². The molecule has 1 saturated heterocycles. The van der Waals surface area contributed by atoms with Crippen LogP contribution in [0.15, 0.2) is 35.1 Å². The third-order valence-corrected chi connectivity index (χ3v) is 4.29. The zero-order chi connectivity index (χ0) is 13.7. The average Bonchev–Trinajstić information content (AvgIpc) is 2.87. The molecule has 1 aliphatic heterocycles. The molecule has 0 aromatic carbocycles. The van der Waals surface area contributed by atoms with Crippen LogP contribution in [-0.4, -0.2) is 40.5 Å². The molecule has 1 aliphatic rings.